The van der Waals surface area contributed by atoms with E-state index in [0.29, 0.717) is 5.82 Å². The van der Waals surface area contributed by atoms with Crippen molar-refractivity contribution in [2.45, 2.75) is 26.3 Å². The second-order valence-electron chi connectivity index (χ2n) is 5.40. The molecule has 0 radical (unpaired) electrons. The van der Waals surface area contributed by atoms with Crippen LogP contribution in [0.2, 0.25) is 0 Å². The van der Waals surface area contributed by atoms with E-state index in [1.165, 1.54) is 6.33 Å². The molecule has 19 heavy (non-hydrogen) atoms. The molecule has 0 unspecified atom stereocenters. The van der Waals surface area contributed by atoms with E-state index in [2.05, 4.69) is 50.7 Å². The summed E-state index contributed by atoms with van der Waals surface area (Å²) in [6.07, 6.45) is 5.13. The monoisotopic (exact) mass is 257 g/mol. The van der Waals surface area contributed by atoms with Crippen molar-refractivity contribution in [1.29, 1.82) is 0 Å². The van der Waals surface area contributed by atoms with Gasteiger partial charge in [0.05, 0.1) is 11.6 Å². The molecule has 7 nitrogen and oxygen atoms in total. The van der Waals surface area contributed by atoms with Gasteiger partial charge in [0, 0.05) is 17.3 Å². The van der Waals surface area contributed by atoms with Crippen LogP contribution in [0.15, 0.2) is 18.7 Å². The van der Waals surface area contributed by atoms with E-state index in [9.17, 15) is 0 Å². The number of nitrogens with two attached hydrogens (primary N) is 1. The first-order valence-corrected chi connectivity index (χ1v) is 5.96. The highest BCUT2D eigenvalue weighted by Crippen LogP contribution is 2.34. The summed E-state index contributed by atoms with van der Waals surface area (Å²) in [4.78, 5) is 8.42. The fraction of sp³-hybridized carbons (Fsp3) is 0.333. The maximum Gasteiger partial charge on any atom is 0.146 e. The topological polar surface area (TPSA) is 98.3 Å². The number of nitrogens with zero attached hydrogens (tertiary/aromatic N) is 5. The minimum Gasteiger partial charge on any atom is -0.383 e. The van der Waals surface area contributed by atoms with Crippen LogP contribution in [0, 0.1) is 0 Å². The standard InChI is InChI=1S/C12H15N7/c1-12(2,3)19-5-7(8-4-16-18-17-8)9-10(13)14-6-15-11(9)19/h4-6H,1-3H3,(H2,13,14,15)(H,16,17,18). The number of hydrogen-bond donors (Lipinski definition) is 2. The third-order valence-corrected chi connectivity index (χ3v) is 3.03. The molecule has 0 aromatic carbocycles. The SMILES string of the molecule is CC(C)(C)n1cc(-c2cn[nH]n2)c2c(N)ncnc21. The third kappa shape index (κ3) is 1.74. The summed E-state index contributed by atoms with van der Waals surface area (Å²) in [5, 5.41) is 11.4. The molecular formula is C12H15N7. The number of aromatic nitrogens is 6. The van der Waals surface area contributed by atoms with E-state index in [0.717, 1.165) is 22.3 Å². The highest BCUT2D eigenvalue weighted by Gasteiger charge is 2.22. The first-order valence-electron chi connectivity index (χ1n) is 5.96. The summed E-state index contributed by atoms with van der Waals surface area (Å²) >= 11 is 0. The van der Waals surface area contributed by atoms with E-state index in [1.807, 2.05) is 6.20 Å². The quantitative estimate of drug-likeness (QED) is 0.689. The average molecular weight is 257 g/mol. The van der Waals surface area contributed by atoms with Crippen LogP contribution in [0.4, 0.5) is 5.82 Å². The lowest BCUT2D eigenvalue weighted by Crippen LogP contribution is -2.21. The van der Waals surface area contributed by atoms with Crippen LogP contribution in [0.25, 0.3) is 22.3 Å². The summed E-state index contributed by atoms with van der Waals surface area (Å²) in [5.74, 6) is 0.450. The smallest absolute Gasteiger partial charge is 0.146 e. The van der Waals surface area contributed by atoms with Gasteiger partial charge in [0.15, 0.2) is 0 Å². The number of fused-ring (bicyclic) bond motifs is 1. The second-order valence-corrected chi connectivity index (χ2v) is 5.40. The molecule has 0 spiro atoms. The zero-order valence-electron chi connectivity index (χ0n) is 11.0. The van der Waals surface area contributed by atoms with Gasteiger partial charge in [0.2, 0.25) is 0 Å². The lowest BCUT2D eigenvalue weighted by atomic mass is 10.1. The minimum absolute atomic E-state index is 0.110. The minimum atomic E-state index is -0.110. The number of nitrogen functional groups attached to an aromatic ring is 1. The fourth-order valence-electron chi connectivity index (χ4n) is 2.12. The van der Waals surface area contributed by atoms with Crippen molar-refractivity contribution < 1.29 is 0 Å². The molecular weight excluding hydrogens is 242 g/mol. The summed E-state index contributed by atoms with van der Waals surface area (Å²) in [7, 11) is 0. The van der Waals surface area contributed by atoms with E-state index < -0.39 is 0 Å². The predicted octanol–water partition coefficient (Wildman–Crippen LogP) is 1.55. The molecule has 0 fully saturated rings. The summed E-state index contributed by atoms with van der Waals surface area (Å²) < 4.78 is 2.07. The molecule has 3 rings (SSSR count). The average Bonchev–Trinajstić information content (AvgIpc) is 2.94. The highest BCUT2D eigenvalue weighted by atomic mass is 15.3. The van der Waals surface area contributed by atoms with Crippen LogP contribution in [-0.2, 0) is 5.54 Å². The fourth-order valence-corrected chi connectivity index (χ4v) is 2.12. The molecule has 0 atom stereocenters. The van der Waals surface area contributed by atoms with Gasteiger partial charge in [-0.1, -0.05) is 0 Å². The molecule has 0 aliphatic rings. The van der Waals surface area contributed by atoms with Gasteiger partial charge in [-0.3, -0.25) is 0 Å². The summed E-state index contributed by atoms with van der Waals surface area (Å²) in [5.41, 5.74) is 8.31. The Hall–Kier alpha value is -2.44. The van der Waals surface area contributed by atoms with Gasteiger partial charge < -0.3 is 10.3 Å². The van der Waals surface area contributed by atoms with Crippen molar-refractivity contribution in [2.24, 2.45) is 0 Å². The number of anilines is 1. The van der Waals surface area contributed by atoms with E-state index in [4.69, 9.17) is 5.73 Å². The lowest BCUT2D eigenvalue weighted by molar-refractivity contribution is 0.408. The second kappa shape index (κ2) is 3.78. The Labute approximate surface area is 109 Å². The Morgan fingerprint density at radius 3 is 2.68 bits per heavy atom. The number of aromatic amines is 1. The molecule has 0 bridgehead atoms. The van der Waals surface area contributed by atoms with E-state index >= 15 is 0 Å². The number of rotatable bonds is 1. The number of nitrogens with one attached hydrogen (secondary N) is 1. The van der Waals surface area contributed by atoms with Crippen LogP contribution in [0.3, 0.4) is 0 Å². The maximum absolute atomic E-state index is 6.00. The van der Waals surface area contributed by atoms with Crippen molar-refractivity contribution in [3.05, 3.63) is 18.7 Å². The normalized spacial score (nSPS) is 12.2. The van der Waals surface area contributed by atoms with Gasteiger partial charge in [0.1, 0.15) is 23.5 Å². The predicted molar refractivity (Wildman–Crippen MR) is 72.3 cm³/mol. The zero-order valence-corrected chi connectivity index (χ0v) is 11.0. The Kier molecular flexibility index (Phi) is 2.31. The summed E-state index contributed by atoms with van der Waals surface area (Å²) in [6, 6.07) is 0. The van der Waals surface area contributed by atoms with Crippen LogP contribution in [0.1, 0.15) is 20.8 Å². The summed E-state index contributed by atoms with van der Waals surface area (Å²) in [6.45, 7) is 6.33. The van der Waals surface area contributed by atoms with Crippen LogP contribution in [-0.4, -0.2) is 29.9 Å². The van der Waals surface area contributed by atoms with Gasteiger partial charge in [0.25, 0.3) is 0 Å². The first kappa shape index (κ1) is 11.6. The van der Waals surface area contributed by atoms with E-state index in [1.54, 1.807) is 6.20 Å². The van der Waals surface area contributed by atoms with Crippen molar-refractivity contribution in [3.63, 3.8) is 0 Å². The van der Waals surface area contributed by atoms with Crippen molar-refractivity contribution in [3.8, 4) is 11.3 Å². The Balaban J connectivity index is 2.41. The molecule has 0 aliphatic heterocycles. The molecule has 98 valence electrons. The first-order chi connectivity index (χ1) is 8.98. The Morgan fingerprint density at radius 1 is 1.26 bits per heavy atom. The molecule has 7 heteroatoms. The van der Waals surface area contributed by atoms with E-state index in [-0.39, 0.29) is 5.54 Å². The van der Waals surface area contributed by atoms with Crippen LogP contribution < -0.4 is 5.73 Å². The van der Waals surface area contributed by atoms with Gasteiger partial charge in [-0.25, -0.2) is 9.97 Å². The van der Waals surface area contributed by atoms with Crippen molar-refractivity contribution >= 4 is 16.9 Å². The molecule has 3 aromatic rings. The Bertz CT molecular complexity index is 718. The molecule has 3 aromatic heterocycles. The van der Waals surface area contributed by atoms with Gasteiger partial charge in [-0.05, 0) is 20.8 Å². The van der Waals surface area contributed by atoms with Crippen molar-refractivity contribution in [2.75, 3.05) is 5.73 Å². The van der Waals surface area contributed by atoms with Gasteiger partial charge >= 0.3 is 0 Å². The van der Waals surface area contributed by atoms with Crippen LogP contribution in [0.5, 0.6) is 0 Å². The molecule has 0 aliphatic carbocycles. The highest BCUT2D eigenvalue weighted by molar-refractivity contribution is 5.99. The number of H-pyrrole nitrogens is 1. The largest absolute Gasteiger partial charge is 0.383 e. The van der Waals surface area contributed by atoms with Crippen LogP contribution >= 0.6 is 0 Å². The molecule has 3 N–H and O–H groups in total. The molecule has 0 saturated carbocycles. The number of hydrogen-bond acceptors (Lipinski definition) is 5. The Morgan fingerprint density at radius 2 is 2.05 bits per heavy atom. The lowest BCUT2D eigenvalue weighted by Gasteiger charge is -2.21. The molecule has 0 saturated heterocycles. The van der Waals surface area contributed by atoms with Gasteiger partial charge in [-0.2, -0.15) is 15.4 Å². The zero-order chi connectivity index (χ0) is 13.6. The third-order valence-electron chi connectivity index (χ3n) is 3.03. The molecule has 0 amide bonds. The van der Waals surface area contributed by atoms with Gasteiger partial charge in [-0.15, -0.1) is 0 Å². The maximum atomic E-state index is 6.00. The molecule has 3 heterocycles. The van der Waals surface area contributed by atoms with Crippen molar-refractivity contribution in [1.82, 2.24) is 29.9 Å².